The molecule has 4 nitrogen and oxygen atoms in total. The monoisotopic (exact) mass is 245 g/mol. The Morgan fingerprint density at radius 2 is 2.19 bits per heavy atom. The van der Waals surface area contributed by atoms with Crippen molar-refractivity contribution in [2.45, 2.75) is 32.9 Å². The van der Waals surface area contributed by atoms with Crippen molar-refractivity contribution < 1.29 is 13.9 Å². The number of carbonyl (C=O) groups excluding carboxylic acids is 1. The van der Waals surface area contributed by atoms with Crippen LogP contribution in [0.4, 0.5) is 0 Å². The molecule has 0 aliphatic rings. The van der Waals surface area contributed by atoms with Crippen molar-refractivity contribution in [3.8, 4) is 0 Å². The van der Waals surface area contributed by atoms with E-state index in [1.807, 2.05) is 20.8 Å². The van der Waals surface area contributed by atoms with Crippen LogP contribution in [-0.4, -0.2) is 18.1 Å². The first kappa shape index (κ1) is 13.1. The summed E-state index contributed by atoms with van der Waals surface area (Å²) < 4.78 is 10.2. The molecule has 0 fully saturated rings. The first-order chi connectivity index (χ1) is 7.37. The van der Waals surface area contributed by atoms with Crippen LogP contribution in [0.3, 0.4) is 0 Å². The highest BCUT2D eigenvalue weighted by Crippen LogP contribution is 2.12. The van der Waals surface area contributed by atoms with Gasteiger partial charge in [0.1, 0.15) is 11.4 Å². The van der Waals surface area contributed by atoms with Gasteiger partial charge in [0.05, 0.1) is 13.1 Å². The van der Waals surface area contributed by atoms with E-state index in [2.05, 4.69) is 5.32 Å². The highest BCUT2D eigenvalue weighted by molar-refractivity contribution is 6.28. The quantitative estimate of drug-likeness (QED) is 0.828. The molecule has 1 N–H and O–H groups in total. The molecule has 0 bridgehead atoms. The maximum Gasteiger partial charge on any atom is 0.320 e. The van der Waals surface area contributed by atoms with Crippen molar-refractivity contribution in [2.24, 2.45) is 0 Å². The molecule has 1 aromatic rings. The molecule has 16 heavy (non-hydrogen) atoms. The van der Waals surface area contributed by atoms with Crippen LogP contribution in [0.15, 0.2) is 16.5 Å². The van der Waals surface area contributed by atoms with Gasteiger partial charge in [0, 0.05) is 0 Å². The zero-order chi connectivity index (χ0) is 12.2. The Bertz CT molecular complexity index is 354. The number of ether oxygens (including phenoxy) is 1. The molecule has 0 radical (unpaired) electrons. The summed E-state index contributed by atoms with van der Waals surface area (Å²) in [5, 5.41) is 3.25. The lowest BCUT2D eigenvalue weighted by atomic mass is 10.2. The topological polar surface area (TPSA) is 51.5 Å². The average molecular weight is 246 g/mol. The van der Waals surface area contributed by atoms with Gasteiger partial charge >= 0.3 is 5.97 Å². The Labute approximate surface area is 99.9 Å². The highest BCUT2D eigenvalue weighted by atomic mass is 35.5. The van der Waals surface area contributed by atoms with Gasteiger partial charge in [-0.05, 0) is 44.5 Å². The van der Waals surface area contributed by atoms with Crippen LogP contribution in [0.25, 0.3) is 0 Å². The molecule has 0 atom stereocenters. The molecule has 0 saturated carbocycles. The minimum atomic E-state index is -0.452. The maximum absolute atomic E-state index is 11.3. The van der Waals surface area contributed by atoms with Crippen molar-refractivity contribution in [3.05, 3.63) is 23.1 Å². The van der Waals surface area contributed by atoms with E-state index in [0.717, 1.165) is 0 Å². The van der Waals surface area contributed by atoms with E-state index in [0.29, 0.717) is 17.5 Å². The Balaban J connectivity index is 2.23. The van der Waals surface area contributed by atoms with Crippen LogP contribution in [0.1, 0.15) is 26.5 Å². The molecule has 90 valence electrons. The Morgan fingerprint density at radius 1 is 1.50 bits per heavy atom. The van der Waals surface area contributed by atoms with Crippen LogP contribution in [0.2, 0.25) is 5.22 Å². The molecular weight excluding hydrogens is 230 g/mol. The van der Waals surface area contributed by atoms with E-state index in [1.54, 1.807) is 12.1 Å². The number of hydrogen-bond donors (Lipinski definition) is 1. The number of halogens is 1. The molecule has 0 aliphatic carbocycles. The SMILES string of the molecule is CC(C)(C)OC(=O)CNCc1ccc(Cl)o1. The van der Waals surface area contributed by atoms with Crippen molar-refractivity contribution in [2.75, 3.05) is 6.54 Å². The lowest BCUT2D eigenvalue weighted by Crippen LogP contribution is -2.31. The van der Waals surface area contributed by atoms with Gasteiger partial charge in [0.15, 0.2) is 5.22 Å². The highest BCUT2D eigenvalue weighted by Gasteiger charge is 2.15. The lowest BCUT2D eigenvalue weighted by molar-refractivity contribution is -0.153. The van der Waals surface area contributed by atoms with Crippen molar-refractivity contribution in [3.63, 3.8) is 0 Å². The predicted octanol–water partition coefficient (Wildman–Crippen LogP) is 2.36. The Hall–Kier alpha value is -1.00. The van der Waals surface area contributed by atoms with E-state index in [4.69, 9.17) is 20.8 Å². The second-order valence-electron chi connectivity index (χ2n) is 4.40. The third-order valence-electron chi connectivity index (χ3n) is 1.62. The maximum atomic E-state index is 11.3. The summed E-state index contributed by atoms with van der Waals surface area (Å²) in [7, 11) is 0. The fourth-order valence-electron chi connectivity index (χ4n) is 1.11. The molecule has 0 aliphatic heterocycles. The van der Waals surface area contributed by atoms with Crippen LogP contribution in [0, 0.1) is 0 Å². The number of furan rings is 1. The largest absolute Gasteiger partial charge is 0.459 e. The molecule has 5 heteroatoms. The zero-order valence-corrected chi connectivity index (χ0v) is 10.4. The fraction of sp³-hybridized carbons (Fsp3) is 0.545. The van der Waals surface area contributed by atoms with Gasteiger partial charge in [-0.2, -0.15) is 0 Å². The average Bonchev–Trinajstić information content (AvgIpc) is 2.48. The van der Waals surface area contributed by atoms with Crippen molar-refractivity contribution >= 4 is 17.6 Å². The van der Waals surface area contributed by atoms with E-state index in [1.165, 1.54) is 0 Å². The third-order valence-corrected chi connectivity index (χ3v) is 1.82. The molecule has 0 spiro atoms. The van der Waals surface area contributed by atoms with Crippen LogP contribution < -0.4 is 5.32 Å². The summed E-state index contributed by atoms with van der Waals surface area (Å²) in [6.45, 7) is 6.09. The zero-order valence-electron chi connectivity index (χ0n) is 9.67. The molecular formula is C11H16ClNO3. The van der Waals surface area contributed by atoms with Crippen LogP contribution in [0.5, 0.6) is 0 Å². The van der Waals surface area contributed by atoms with Crippen LogP contribution in [-0.2, 0) is 16.1 Å². The smallest absolute Gasteiger partial charge is 0.320 e. The van der Waals surface area contributed by atoms with Gasteiger partial charge in [-0.1, -0.05) is 0 Å². The summed E-state index contributed by atoms with van der Waals surface area (Å²) in [6, 6.07) is 3.41. The first-order valence-electron chi connectivity index (χ1n) is 5.03. The number of carbonyl (C=O) groups is 1. The number of hydrogen-bond acceptors (Lipinski definition) is 4. The normalized spacial score (nSPS) is 11.5. The predicted molar refractivity (Wildman–Crippen MR) is 61.3 cm³/mol. The summed E-state index contributed by atoms with van der Waals surface area (Å²) in [5.41, 5.74) is -0.452. The number of rotatable bonds is 4. The van der Waals surface area contributed by atoms with Gasteiger partial charge in [-0.15, -0.1) is 0 Å². The van der Waals surface area contributed by atoms with Gasteiger partial charge in [-0.3, -0.25) is 10.1 Å². The number of nitrogens with one attached hydrogen (secondary N) is 1. The Kier molecular flexibility index (Phi) is 4.38. The van der Waals surface area contributed by atoms with Crippen LogP contribution >= 0.6 is 11.6 Å². The van der Waals surface area contributed by atoms with Gasteiger partial charge in [0.25, 0.3) is 0 Å². The Morgan fingerprint density at radius 3 is 2.69 bits per heavy atom. The summed E-state index contributed by atoms with van der Waals surface area (Å²) >= 11 is 5.60. The molecule has 0 saturated heterocycles. The third kappa shape index (κ3) is 5.19. The fourth-order valence-corrected chi connectivity index (χ4v) is 1.27. The molecule has 1 rings (SSSR count). The van der Waals surface area contributed by atoms with Gasteiger partial charge < -0.3 is 9.15 Å². The molecule has 0 unspecified atom stereocenters. The first-order valence-corrected chi connectivity index (χ1v) is 5.41. The van der Waals surface area contributed by atoms with Gasteiger partial charge in [0.2, 0.25) is 0 Å². The summed E-state index contributed by atoms with van der Waals surface area (Å²) in [6.07, 6.45) is 0. The molecule has 1 heterocycles. The van der Waals surface area contributed by atoms with E-state index < -0.39 is 5.60 Å². The molecule has 0 aromatic carbocycles. The molecule has 1 aromatic heterocycles. The van der Waals surface area contributed by atoms with E-state index in [-0.39, 0.29) is 12.5 Å². The lowest BCUT2D eigenvalue weighted by Gasteiger charge is -2.19. The second-order valence-corrected chi connectivity index (χ2v) is 4.77. The number of esters is 1. The second kappa shape index (κ2) is 5.37. The van der Waals surface area contributed by atoms with Crippen molar-refractivity contribution in [1.29, 1.82) is 0 Å². The standard InChI is InChI=1S/C11H16ClNO3/c1-11(2,3)16-10(14)7-13-6-8-4-5-9(12)15-8/h4-5,13H,6-7H2,1-3H3. The molecule has 0 amide bonds. The minimum absolute atomic E-state index is 0.148. The summed E-state index contributed by atoms with van der Waals surface area (Å²) in [5.74, 6) is 0.402. The van der Waals surface area contributed by atoms with E-state index in [9.17, 15) is 4.79 Å². The summed E-state index contributed by atoms with van der Waals surface area (Å²) in [4.78, 5) is 11.3. The van der Waals surface area contributed by atoms with E-state index >= 15 is 0 Å². The van der Waals surface area contributed by atoms with Crippen molar-refractivity contribution in [1.82, 2.24) is 5.32 Å². The van der Waals surface area contributed by atoms with Gasteiger partial charge in [-0.25, -0.2) is 0 Å². The minimum Gasteiger partial charge on any atom is -0.459 e.